The van der Waals surface area contributed by atoms with E-state index in [2.05, 4.69) is 15.4 Å². The first kappa shape index (κ1) is 28.8. The Morgan fingerprint density at radius 3 is 2.58 bits per heavy atom. The van der Waals surface area contributed by atoms with Crippen molar-refractivity contribution < 1.29 is 28.3 Å². The van der Waals surface area contributed by atoms with Crippen LogP contribution in [0, 0.1) is 17.0 Å². The fraction of sp³-hybridized carbons (Fsp3) is 0.115. The molecule has 0 aliphatic heterocycles. The number of nitrogens with zero attached hydrogens (tertiary/aromatic N) is 1. The van der Waals surface area contributed by atoms with E-state index < -0.39 is 14.9 Å². The molecule has 0 bridgehead atoms. The molecule has 0 atom stereocenters. The first-order valence-corrected chi connectivity index (χ1v) is 14.5. The molecular weight excluding hydrogens is 577 g/mol. The smallest absolute Gasteiger partial charge is 0.271 e. The van der Waals surface area contributed by atoms with Crippen molar-refractivity contribution in [1.29, 1.82) is 0 Å². The third-order valence-corrected chi connectivity index (χ3v) is 8.68. The van der Waals surface area contributed by atoms with Crippen LogP contribution in [0.3, 0.4) is 0 Å². The van der Waals surface area contributed by atoms with Gasteiger partial charge in [0.05, 0.1) is 4.92 Å². The molecule has 0 aliphatic carbocycles. The van der Waals surface area contributed by atoms with Gasteiger partial charge in [-0.3, -0.25) is 10.1 Å². The normalized spacial score (nSPS) is 11.1. The lowest BCUT2D eigenvalue weighted by molar-refractivity contribution is -0.384. The molecule has 3 aromatic carbocycles. The molecule has 11 nitrogen and oxygen atoms in total. The van der Waals surface area contributed by atoms with Gasteiger partial charge in [-0.2, -0.15) is 0 Å². The van der Waals surface area contributed by atoms with Gasteiger partial charge in [0.15, 0.2) is 16.6 Å². The summed E-state index contributed by atoms with van der Waals surface area (Å²) in [5.41, 5.74) is 2.18. The maximum absolute atomic E-state index is 13.2. The number of phenolic OH excluding ortho intramolecular Hbond substituents is 2. The Hall–Kier alpha value is -4.24. The average Bonchev–Trinajstić information content (AvgIpc) is 3.40. The Morgan fingerprint density at radius 1 is 1.02 bits per heavy atom. The Labute approximate surface area is 239 Å². The number of phenols is 2. The van der Waals surface area contributed by atoms with Crippen molar-refractivity contribution in [3.05, 3.63) is 87.8 Å². The molecule has 1 aromatic heterocycles. The van der Waals surface area contributed by atoms with Gasteiger partial charge < -0.3 is 25.6 Å². The molecule has 208 valence electrons. The molecule has 0 unspecified atom stereocenters. The number of nitrogens with one attached hydrogen (secondary N) is 3. The Kier molecular flexibility index (Phi) is 8.84. The molecule has 0 saturated heterocycles. The van der Waals surface area contributed by atoms with Gasteiger partial charge in [0, 0.05) is 48.1 Å². The molecule has 0 saturated carbocycles. The van der Waals surface area contributed by atoms with Crippen LogP contribution in [-0.4, -0.2) is 41.8 Å². The van der Waals surface area contributed by atoms with E-state index in [1.54, 1.807) is 29.6 Å². The van der Waals surface area contributed by atoms with Crippen LogP contribution in [0.15, 0.2) is 76.3 Å². The Balaban J connectivity index is 1.43. The van der Waals surface area contributed by atoms with E-state index in [1.807, 2.05) is 13.0 Å². The summed E-state index contributed by atoms with van der Waals surface area (Å²) in [4.78, 5) is 10.4. The number of thiophene rings is 1. The number of non-ortho nitro benzene ring substituents is 1. The van der Waals surface area contributed by atoms with Crippen LogP contribution in [0.1, 0.15) is 5.56 Å². The van der Waals surface area contributed by atoms with E-state index in [4.69, 9.17) is 17.0 Å². The fourth-order valence-electron chi connectivity index (χ4n) is 3.63. The van der Waals surface area contributed by atoms with Crippen LogP contribution < -0.4 is 20.1 Å². The van der Waals surface area contributed by atoms with E-state index in [1.165, 1.54) is 36.4 Å². The van der Waals surface area contributed by atoms with Gasteiger partial charge in [0.25, 0.3) is 15.7 Å². The molecule has 4 rings (SSSR count). The van der Waals surface area contributed by atoms with Gasteiger partial charge in [-0.05, 0) is 60.4 Å². The molecule has 0 radical (unpaired) electrons. The van der Waals surface area contributed by atoms with Crippen molar-refractivity contribution in [2.75, 3.05) is 18.4 Å². The molecular formula is C26H24N4O7S3. The summed E-state index contributed by atoms with van der Waals surface area (Å²) in [6, 6.07) is 16.9. The molecule has 0 aliphatic rings. The SMILES string of the molecule is Cc1ccc(-c2ccsc2S(=O)(=O)NCCNC(=S)Nc2cccc([N+](=O)[O-])c2)c(Oc2ccc(O)c(O)c2)c1. The number of nitro groups is 1. The minimum absolute atomic E-state index is 0.0144. The number of nitro benzene ring substituents is 1. The number of thiocarbonyl (C=S) groups is 1. The maximum Gasteiger partial charge on any atom is 0.271 e. The van der Waals surface area contributed by atoms with Crippen LogP contribution in [-0.2, 0) is 10.0 Å². The van der Waals surface area contributed by atoms with Gasteiger partial charge in [0.2, 0.25) is 0 Å². The molecule has 4 aromatic rings. The van der Waals surface area contributed by atoms with Crippen molar-refractivity contribution in [2.45, 2.75) is 11.1 Å². The van der Waals surface area contributed by atoms with Gasteiger partial charge in [-0.25, -0.2) is 13.1 Å². The highest BCUT2D eigenvalue weighted by Crippen LogP contribution is 2.40. The molecule has 1 heterocycles. The van der Waals surface area contributed by atoms with Gasteiger partial charge >= 0.3 is 0 Å². The molecule has 14 heteroatoms. The minimum atomic E-state index is -3.92. The summed E-state index contributed by atoms with van der Waals surface area (Å²) in [6.45, 7) is 2.04. The zero-order chi connectivity index (χ0) is 28.9. The summed E-state index contributed by atoms with van der Waals surface area (Å²) in [7, 11) is -3.92. The average molecular weight is 601 g/mol. The third-order valence-electron chi connectivity index (χ3n) is 5.49. The van der Waals surface area contributed by atoms with Crippen molar-refractivity contribution in [3.8, 4) is 34.1 Å². The number of aromatic hydroxyl groups is 2. The standard InChI is InChI=1S/C26H24N4O7S3/c1-16-5-7-20(24(13-16)37-19-6-8-22(31)23(32)15-19)21-9-12-39-25(21)40(35,36)28-11-10-27-26(38)29-17-3-2-4-18(14-17)30(33)34/h2-9,12-15,28,31-32H,10-11H2,1H3,(H2,27,29,38). The zero-order valence-electron chi connectivity index (χ0n) is 21.0. The zero-order valence-corrected chi connectivity index (χ0v) is 23.4. The minimum Gasteiger partial charge on any atom is -0.504 e. The van der Waals surface area contributed by atoms with Crippen LogP contribution in [0.2, 0.25) is 0 Å². The summed E-state index contributed by atoms with van der Waals surface area (Å²) in [6.07, 6.45) is 0. The molecule has 0 amide bonds. The number of rotatable bonds is 10. The molecule has 0 spiro atoms. The topological polar surface area (TPSA) is 163 Å². The quantitative estimate of drug-likeness (QED) is 0.0544. The first-order chi connectivity index (χ1) is 19.0. The van der Waals surface area contributed by atoms with Gasteiger partial charge in [0.1, 0.15) is 15.7 Å². The van der Waals surface area contributed by atoms with E-state index in [0.717, 1.165) is 16.9 Å². The van der Waals surface area contributed by atoms with Crippen LogP contribution in [0.5, 0.6) is 23.0 Å². The van der Waals surface area contributed by atoms with Gasteiger partial charge in [-0.15, -0.1) is 11.3 Å². The number of hydrogen-bond donors (Lipinski definition) is 5. The predicted octanol–water partition coefficient (Wildman–Crippen LogP) is 5.10. The maximum atomic E-state index is 13.2. The number of aryl methyl sites for hydroxylation is 1. The largest absolute Gasteiger partial charge is 0.504 e. The fourth-order valence-corrected chi connectivity index (χ4v) is 6.31. The van der Waals surface area contributed by atoms with Crippen molar-refractivity contribution in [1.82, 2.24) is 10.0 Å². The predicted molar refractivity (Wildman–Crippen MR) is 157 cm³/mol. The van der Waals surface area contributed by atoms with Gasteiger partial charge in [-0.1, -0.05) is 18.2 Å². The van der Waals surface area contributed by atoms with E-state index in [-0.39, 0.29) is 45.3 Å². The van der Waals surface area contributed by atoms with Crippen LogP contribution >= 0.6 is 23.6 Å². The molecule has 0 fully saturated rings. The number of hydrogen-bond acceptors (Lipinski definition) is 9. The number of anilines is 1. The van der Waals surface area contributed by atoms with Crippen molar-refractivity contribution >= 4 is 50.1 Å². The summed E-state index contributed by atoms with van der Waals surface area (Å²) in [5, 5.41) is 37.9. The number of benzene rings is 3. The highest BCUT2D eigenvalue weighted by atomic mass is 32.2. The summed E-state index contributed by atoms with van der Waals surface area (Å²) >= 11 is 6.25. The lowest BCUT2D eigenvalue weighted by atomic mass is 10.1. The summed E-state index contributed by atoms with van der Waals surface area (Å²) < 4.78 is 35.0. The highest BCUT2D eigenvalue weighted by molar-refractivity contribution is 7.91. The van der Waals surface area contributed by atoms with Crippen LogP contribution in [0.4, 0.5) is 11.4 Å². The molecule has 40 heavy (non-hydrogen) atoms. The first-order valence-electron chi connectivity index (χ1n) is 11.7. The Bertz CT molecular complexity index is 1670. The van der Waals surface area contributed by atoms with Crippen molar-refractivity contribution in [3.63, 3.8) is 0 Å². The number of ether oxygens (including phenoxy) is 1. The highest BCUT2D eigenvalue weighted by Gasteiger charge is 2.23. The third kappa shape index (κ3) is 7.04. The lowest BCUT2D eigenvalue weighted by Gasteiger charge is -2.14. The second-order valence-electron chi connectivity index (χ2n) is 8.46. The lowest BCUT2D eigenvalue weighted by Crippen LogP contribution is -2.36. The van der Waals surface area contributed by atoms with E-state index >= 15 is 0 Å². The second-order valence-corrected chi connectivity index (χ2v) is 11.7. The van der Waals surface area contributed by atoms with Crippen molar-refractivity contribution in [2.24, 2.45) is 0 Å². The second kappa shape index (κ2) is 12.3. The van der Waals surface area contributed by atoms with E-state index in [0.29, 0.717) is 22.6 Å². The van der Waals surface area contributed by atoms with Crippen LogP contribution in [0.25, 0.3) is 11.1 Å². The van der Waals surface area contributed by atoms with E-state index in [9.17, 15) is 28.7 Å². The summed E-state index contributed by atoms with van der Waals surface area (Å²) in [5.74, 6) is 0.00658. The molecule has 5 N–H and O–H groups in total. The number of sulfonamides is 1. The monoisotopic (exact) mass is 600 g/mol. The Morgan fingerprint density at radius 2 is 1.82 bits per heavy atom.